The largest absolute Gasteiger partial charge is 0.392 e. The molecule has 1 atom stereocenters. The van der Waals surface area contributed by atoms with Crippen molar-refractivity contribution in [3.63, 3.8) is 0 Å². The van der Waals surface area contributed by atoms with Crippen LogP contribution in [-0.4, -0.2) is 22.7 Å². The lowest BCUT2D eigenvalue weighted by atomic mass is 10.3. The molecular weight excluding hydrogens is 154 g/mol. The number of nitrogens with zero attached hydrogens (tertiary/aromatic N) is 1. The second-order valence-electron chi connectivity index (χ2n) is 2.70. The Balaban J connectivity index is 2.48. The van der Waals surface area contributed by atoms with Crippen molar-refractivity contribution < 1.29 is 5.11 Å². The van der Waals surface area contributed by atoms with Gasteiger partial charge in [0.15, 0.2) is 0 Å². The summed E-state index contributed by atoms with van der Waals surface area (Å²) in [5.41, 5.74) is 6.26. The summed E-state index contributed by atoms with van der Waals surface area (Å²) < 4.78 is 0. The van der Waals surface area contributed by atoms with E-state index in [1.54, 1.807) is 19.2 Å². The van der Waals surface area contributed by atoms with Gasteiger partial charge in [0, 0.05) is 6.54 Å². The van der Waals surface area contributed by atoms with Gasteiger partial charge >= 0.3 is 0 Å². The Morgan fingerprint density at radius 3 is 2.92 bits per heavy atom. The average Bonchev–Trinajstić information content (AvgIpc) is 2.03. The first kappa shape index (κ1) is 8.80. The van der Waals surface area contributed by atoms with Crippen LogP contribution in [0.1, 0.15) is 6.92 Å². The molecule has 1 aromatic heterocycles. The van der Waals surface area contributed by atoms with E-state index in [1.165, 1.54) is 0 Å². The van der Waals surface area contributed by atoms with E-state index in [4.69, 9.17) is 10.8 Å². The fraction of sp³-hybridized carbons (Fsp3) is 0.375. The SMILES string of the molecule is CC(O)CNc1ccc(N)nc1. The van der Waals surface area contributed by atoms with Gasteiger partial charge < -0.3 is 16.2 Å². The van der Waals surface area contributed by atoms with Crippen molar-refractivity contribution >= 4 is 11.5 Å². The Morgan fingerprint density at radius 2 is 2.42 bits per heavy atom. The zero-order chi connectivity index (χ0) is 8.97. The summed E-state index contributed by atoms with van der Waals surface area (Å²) in [4.78, 5) is 3.89. The van der Waals surface area contributed by atoms with Gasteiger partial charge in [-0.3, -0.25) is 0 Å². The number of nitrogens with two attached hydrogens (primary N) is 1. The molecule has 0 amide bonds. The topological polar surface area (TPSA) is 71.2 Å². The molecule has 0 bridgehead atoms. The second kappa shape index (κ2) is 3.92. The van der Waals surface area contributed by atoms with E-state index in [0.29, 0.717) is 12.4 Å². The minimum Gasteiger partial charge on any atom is -0.392 e. The maximum absolute atomic E-state index is 8.96. The number of aromatic nitrogens is 1. The van der Waals surface area contributed by atoms with Crippen molar-refractivity contribution in [2.24, 2.45) is 0 Å². The Bertz CT molecular complexity index is 233. The average molecular weight is 167 g/mol. The minimum absolute atomic E-state index is 0.359. The Morgan fingerprint density at radius 1 is 1.67 bits per heavy atom. The molecule has 66 valence electrons. The van der Waals surface area contributed by atoms with Crippen LogP contribution in [0.4, 0.5) is 11.5 Å². The molecule has 0 aromatic carbocycles. The molecule has 0 saturated heterocycles. The summed E-state index contributed by atoms with van der Waals surface area (Å²) in [6.45, 7) is 2.24. The van der Waals surface area contributed by atoms with Crippen molar-refractivity contribution in [2.75, 3.05) is 17.6 Å². The molecule has 4 N–H and O–H groups in total. The lowest BCUT2D eigenvalue weighted by Crippen LogP contribution is -2.15. The molecule has 0 radical (unpaired) electrons. The third-order valence-corrected chi connectivity index (χ3v) is 1.39. The van der Waals surface area contributed by atoms with Gasteiger partial charge in [-0.15, -0.1) is 0 Å². The molecule has 0 aliphatic carbocycles. The normalized spacial score (nSPS) is 12.5. The van der Waals surface area contributed by atoms with Crippen LogP contribution in [0, 0.1) is 0 Å². The minimum atomic E-state index is -0.359. The quantitative estimate of drug-likeness (QED) is 0.611. The van der Waals surface area contributed by atoms with Crippen LogP contribution in [0.3, 0.4) is 0 Å². The molecule has 0 fully saturated rings. The van der Waals surface area contributed by atoms with E-state index in [1.807, 2.05) is 6.07 Å². The molecule has 0 saturated carbocycles. The highest BCUT2D eigenvalue weighted by Gasteiger charge is 1.95. The molecule has 0 aliphatic heterocycles. The van der Waals surface area contributed by atoms with Crippen molar-refractivity contribution in [1.29, 1.82) is 0 Å². The van der Waals surface area contributed by atoms with Crippen LogP contribution in [0.25, 0.3) is 0 Å². The van der Waals surface area contributed by atoms with Gasteiger partial charge in [0.2, 0.25) is 0 Å². The molecule has 12 heavy (non-hydrogen) atoms. The molecule has 4 nitrogen and oxygen atoms in total. The lowest BCUT2D eigenvalue weighted by molar-refractivity contribution is 0.208. The van der Waals surface area contributed by atoms with Gasteiger partial charge in [-0.2, -0.15) is 0 Å². The summed E-state index contributed by atoms with van der Waals surface area (Å²) in [5, 5.41) is 12.0. The van der Waals surface area contributed by atoms with Crippen molar-refractivity contribution in [3.05, 3.63) is 18.3 Å². The smallest absolute Gasteiger partial charge is 0.123 e. The van der Waals surface area contributed by atoms with Gasteiger partial charge in [0.25, 0.3) is 0 Å². The number of hydrogen-bond acceptors (Lipinski definition) is 4. The predicted octanol–water partition coefficient (Wildman–Crippen LogP) is 0.456. The highest BCUT2D eigenvalue weighted by Crippen LogP contribution is 2.06. The van der Waals surface area contributed by atoms with E-state index < -0.39 is 0 Å². The first-order chi connectivity index (χ1) is 5.68. The molecule has 1 heterocycles. The third kappa shape index (κ3) is 2.75. The summed E-state index contributed by atoms with van der Waals surface area (Å²) in [6.07, 6.45) is 1.28. The molecule has 1 unspecified atom stereocenters. The van der Waals surface area contributed by atoms with Crippen LogP contribution < -0.4 is 11.1 Å². The number of nitrogen functional groups attached to an aromatic ring is 1. The first-order valence-corrected chi connectivity index (χ1v) is 3.82. The van der Waals surface area contributed by atoms with Gasteiger partial charge in [-0.05, 0) is 19.1 Å². The molecule has 1 rings (SSSR count). The molecular formula is C8H13N3O. The summed E-state index contributed by atoms with van der Waals surface area (Å²) in [6, 6.07) is 3.54. The van der Waals surface area contributed by atoms with Gasteiger partial charge in [-0.25, -0.2) is 4.98 Å². The number of rotatable bonds is 3. The lowest BCUT2D eigenvalue weighted by Gasteiger charge is -2.07. The second-order valence-corrected chi connectivity index (χ2v) is 2.70. The van der Waals surface area contributed by atoms with Crippen molar-refractivity contribution in [1.82, 2.24) is 4.98 Å². The molecule has 0 aliphatic rings. The van der Waals surface area contributed by atoms with Crippen molar-refractivity contribution in [3.8, 4) is 0 Å². The van der Waals surface area contributed by atoms with Crippen LogP contribution in [0.5, 0.6) is 0 Å². The summed E-state index contributed by atoms with van der Waals surface area (Å²) >= 11 is 0. The molecule has 1 aromatic rings. The van der Waals surface area contributed by atoms with Gasteiger partial charge in [0.05, 0.1) is 18.0 Å². The van der Waals surface area contributed by atoms with E-state index in [9.17, 15) is 0 Å². The Hall–Kier alpha value is -1.29. The monoisotopic (exact) mass is 167 g/mol. The third-order valence-electron chi connectivity index (χ3n) is 1.39. The van der Waals surface area contributed by atoms with Crippen LogP contribution in [0.2, 0.25) is 0 Å². The van der Waals surface area contributed by atoms with Crippen LogP contribution in [0.15, 0.2) is 18.3 Å². The summed E-state index contributed by atoms with van der Waals surface area (Å²) in [5.74, 6) is 0.498. The maximum Gasteiger partial charge on any atom is 0.123 e. The van der Waals surface area contributed by atoms with E-state index in [0.717, 1.165) is 5.69 Å². The number of hydrogen-bond donors (Lipinski definition) is 3. The number of pyridine rings is 1. The number of nitrogens with one attached hydrogen (secondary N) is 1. The maximum atomic E-state index is 8.96. The van der Waals surface area contributed by atoms with E-state index in [2.05, 4.69) is 10.3 Å². The summed E-state index contributed by atoms with van der Waals surface area (Å²) in [7, 11) is 0. The fourth-order valence-electron chi connectivity index (χ4n) is 0.775. The number of aliphatic hydroxyl groups is 1. The van der Waals surface area contributed by atoms with Gasteiger partial charge in [0.1, 0.15) is 5.82 Å². The van der Waals surface area contributed by atoms with Crippen molar-refractivity contribution in [2.45, 2.75) is 13.0 Å². The zero-order valence-electron chi connectivity index (χ0n) is 6.99. The predicted molar refractivity (Wildman–Crippen MR) is 48.8 cm³/mol. The zero-order valence-corrected chi connectivity index (χ0v) is 6.99. The number of aliphatic hydroxyl groups excluding tert-OH is 1. The highest BCUT2D eigenvalue weighted by atomic mass is 16.3. The fourth-order valence-corrected chi connectivity index (χ4v) is 0.775. The molecule has 4 heteroatoms. The number of anilines is 2. The van der Waals surface area contributed by atoms with Gasteiger partial charge in [-0.1, -0.05) is 0 Å². The first-order valence-electron chi connectivity index (χ1n) is 3.82. The Kier molecular flexibility index (Phi) is 2.88. The van der Waals surface area contributed by atoms with Crippen LogP contribution in [-0.2, 0) is 0 Å². The van der Waals surface area contributed by atoms with E-state index in [-0.39, 0.29) is 6.10 Å². The molecule has 0 spiro atoms. The highest BCUT2D eigenvalue weighted by molar-refractivity contribution is 5.45. The standard InChI is InChI=1S/C8H13N3O/c1-6(12)4-10-7-2-3-8(9)11-5-7/h2-3,5-6,10,12H,4H2,1H3,(H2,9,11). The Labute approximate surface area is 71.4 Å². The van der Waals surface area contributed by atoms with E-state index >= 15 is 0 Å². The van der Waals surface area contributed by atoms with Crippen LogP contribution >= 0.6 is 0 Å².